The molecular weight excluding hydrogens is 396 g/mol. The van der Waals surface area contributed by atoms with Crippen molar-refractivity contribution in [2.75, 3.05) is 13.2 Å². The average molecular weight is 417 g/mol. The Labute approximate surface area is 179 Å². The van der Waals surface area contributed by atoms with Crippen LogP contribution in [0, 0.1) is 11.3 Å². The summed E-state index contributed by atoms with van der Waals surface area (Å²) in [6, 6.07) is 20.3. The Morgan fingerprint density at radius 3 is 2.60 bits per heavy atom. The Morgan fingerprint density at radius 2 is 1.83 bits per heavy atom. The number of hydrogen-bond acceptors (Lipinski definition) is 5. The average Bonchev–Trinajstić information content (AvgIpc) is 3.49. The SMILES string of the molecule is N#Cc1ccccc1-c1ccccc1C(=O)OCC(=O)N1CCCC1c1cccs1. The van der Waals surface area contributed by atoms with Gasteiger partial charge in [0.05, 0.1) is 23.2 Å². The second-order valence-corrected chi connectivity index (χ2v) is 8.02. The Kier molecular flexibility index (Phi) is 5.92. The van der Waals surface area contributed by atoms with E-state index in [1.807, 2.05) is 23.6 Å². The van der Waals surface area contributed by atoms with Gasteiger partial charge in [0.25, 0.3) is 5.91 Å². The van der Waals surface area contributed by atoms with Crippen LogP contribution in [0.2, 0.25) is 0 Å². The van der Waals surface area contributed by atoms with Crippen LogP contribution in [0.4, 0.5) is 0 Å². The van der Waals surface area contributed by atoms with E-state index in [-0.39, 0.29) is 18.6 Å². The molecule has 0 bridgehead atoms. The first-order valence-electron chi connectivity index (χ1n) is 9.77. The van der Waals surface area contributed by atoms with Gasteiger partial charge in [0.15, 0.2) is 6.61 Å². The van der Waals surface area contributed by atoms with Gasteiger partial charge in [-0.25, -0.2) is 4.79 Å². The van der Waals surface area contributed by atoms with Crippen molar-refractivity contribution in [3.8, 4) is 17.2 Å². The molecule has 3 aromatic rings. The molecule has 4 rings (SSSR count). The summed E-state index contributed by atoms with van der Waals surface area (Å²) in [5.74, 6) is -0.757. The number of nitrogens with zero attached hydrogens (tertiary/aromatic N) is 2. The highest BCUT2D eigenvalue weighted by Crippen LogP contribution is 2.34. The maximum Gasteiger partial charge on any atom is 0.339 e. The number of hydrogen-bond donors (Lipinski definition) is 0. The molecule has 5 nitrogen and oxygen atoms in total. The maximum atomic E-state index is 12.8. The molecule has 2 aromatic carbocycles. The van der Waals surface area contributed by atoms with Crippen LogP contribution in [0.5, 0.6) is 0 Å². The molecule has 150 valence electrons. The van der Waals surface area contributed by atoms with Gasteiger partial charge in [-0.1, -0.05) is 42.5 Å². The lowest BCUT2D eigenvalue weighted by Crippen LogP contribution is -2.34. The molecule has 1 aliphatic heterocycles. The number of ether oxygens (including phenoxy) is 1. The monoisotopic (exact) mass is 416 g/mol. The summed E-state index contributed by atoms with van der Waals surface area (Å²) in [5, 5.41) is 11.4. The molecule has 2 heterocycles. The van der Waals surface area contributed by atoms with Crippen LogP contribution < -0.4 is 0 Å². The quantitative estimate of drug-likeness (QED) is 0.560. The number of nitriles is 1. The first-order chi connectivity index (χ1) is 14.7. The zero-order valence-electron chi connectivity index (χ0n) is 16.3. The summed E-state index contributed by atoms with van der Waals surface area (Å²) in [4.78, 5) is 28.5. The highest BCUT2D eigenvalue weighted by Gasteiger charge is 2.31. The van der Waals surface area contributed by atoms with Gasteiger partial charge in [-0.15, -0.1) is 11.3 Å². The number of rotatable bonds is 5. The van der Waals surface area contributed by atoms with Crippen LogP contribution in [0.15, 0.2) is 66.0 Å². The van der Waals surface area contributed by atoms with E-state index in [9.17, 15) is 14.9 Å². The molecule has 0 spiro atoms. The molecule has 0 N–H and O–H groups in total. The van der Waals surface area contributed by atoms with Crippen molar-refractivity contribution in [2.45, 2.75) is 18.9 Å². The van der Waals surface area contributed by atoms with Gasteiger partial charge < -0.3 is 9.64 Å². The standard InChI is InChI=1S/C24H20N2O3S/c25-15-17-7-1-2-8-18(17)19-9-3-4-10-20(19)24(28)29-16-23(27)26-13-5-11-21(26)22-12-6-14-30-22/h1-4,6-10,12,14,21H,5,11,13,16H2. The minimum absolute atomic E-state index is 0.0611. The number of carbonyl (C=O) groups excluding carboxylic acids is 2. The fraction of sp³-hybridized carbons (Fsp3) is 0.208. The maximum absolute atomic E-state index is 12.8. The van der Waals surface area contributed by atoms with Crippen LogP contribution in [-0.2, 0) is 9.53 Å². The lowest BCUT2D eigenvalue weighted by Gasteiger charge is -2.23. The predicted octanol–water partition coefficient (Wildman–Crippen LogP) is 4.81. The number of thiophene rings is 1. The molecular formula is C24H20N2O3S. The summed E-state index contributed by atoms with van der Waals surface area (Å²) in [5.41, 5.74) is 2.09. The van der Waals surface area contributed by atoms with E-state index in [0.29, 0.717) is 28.8 Å². The van der Waals surface area contributed by atoms with Gasteiger partial charge in [0, 0.05) is 17.0 Å². The predicted molar refractivity (Wildman–Crippen MR) is 115 cm³/mol. The van der Waals surface area contributed by atoms with Crippen molar-refractivity contribution in [3.05, 3.63) is 82.0 Å². The smallest absolute Gasteiger partial charge is 0.339 e. The van der Waals surface area contributed by atoms with Crippen molar-refractivity contribution in [1.82, 2.24) is 4.90 Å². The fourth-order valence-electron chi connectivity index (χ4n) is 3.84. The van der Waals surface area contributed by atoms with Gasteiger partial charge >= 0.3 is 5.97 Å². The highest BCUT2D eigenvalue weighted by molar-refractivity contribution is 7.10. The number of esters is 1. The number of carbonyl (C=O) groups is 2. The van der Waals surface area contributed by atoms with E-state index in [4.69, 9.17) is 4.74 Å². The fourth-order valence-corrected chi connectivity index (χ4v) is 4.71. The molecule has 1 unspecified atom stereocenters. The van der Waals surface area contributed by atoms with Crippen LogP contribution >= 0.6 is 11.3 Å². The van der Waals surface area contributed by atoms with Gasteiger partial charge in [-0.3, -0.25) is 4.79 Å². The summed E-state index contributed by atoms with van der Waals surface area (Å²) < 4.78 is 5.39. The molecule has 0 aliphatic carbocycles. The number of benzene rings is 2. The van der Waals surface area contributed by atoms with Crippen LogP contribution in [0.1, 0.15) is 39.7 Å². The Balaban J connectivity index is 1.49. The zero-order chi connectivity index (χ0) is 20.9. The normalized spacial score (nSPS) is 15.6. The van der Waals surface area contributed by atoms with E-state index in [1.165, 1.54) is 0 Å². The first-order valence-corrected chi connectivity index (χ1v) is 10.7. The van der Waals surface area contributed by atoms with Crippen molar-refractivity contribution >= 4 is 23.2 Å². The van der Waals surface area contributed by atoms with E-state index < -0.39 is 5.97 Å². The molecule has 1 fully saturated rings. The molecule has 1 aliphatic rings. The van der Waals surface area contributed by atoms with Crippen LogP contribution in [0.25, 0.3) is 11.1 Å². The number of likely N-dealkylation sites (tertiary alicyclic amines) is 1. The van der Waals surface area contributed by atoms with Gasteiger partial charge in [0.1, 0.15) is 0 Å². The third kappa shape index (κ3) is 3.98. The summed E-state index contributed by atoms with van der Waals surface area (Å²) in [6.07, 6.45) is 1.87. The zero-order valence-corrected chi connectivity index (χ0v) is 17.1. The van der Waals surface area contributed by atoms with Crippen molar-refractivity contribution in [2.24, 2.45) is 0 Å². The Morgan fingerprint density at radius 1 is 1.07 bits per heavy atom. The van der Waals surface area contributed by atoms with Gasteiger partial charge in [-0.05, 0) is 42.0 Å². The Bertz CT molecular complexity index is 1100. The third-order valence-electron chi connectivity index (χ3n) is 5.26. The molecule has 0 radical (unpaired) electrons. The lowest BCUT2D eigenvalue weighted by molar-refractivity contribution is -0.135. The highest BCUT2D eigenvalue weighted by atomic mass is 32.1. The van der Waals surface area contributed by atoms with E-state index in [0.717, 1.165) is 17.7 Å². The minimum Gasteiger partial charge on any atom is -0.452 e. The molecule has 1 aromatic heterocycles. The minimum atomic E-state index is -0.571. The Hall–Kier alpha value is -3.43. The largest absolute Gasteiger partial charge is 0.452 e. The van der Waals surface area contributed by atoms with Gasteiger partial charge in [-0.2, -0.15) is 5.26 Å². The molecule has 30 heavy (non-hydrogen) atoms. The van der Waals surface area contributed by atoms with E-state index in [2.05, 4.69) is 6.07 Å². The summed E-state index contributed by atoms with van der Waals surface area (Å²) in [6.45, 7) is 0.375. The van der Waals surface area contributed by atoms with Crippen molar-refractivity contribution in [3.63, 3.8) is 0 Å². The molecule has 0 saturated carbocycles. The summed E-state index contributed by atoms with van der Waals surface area (Å²) >= 11 is 1.64. The third-order valence-corrected chi connectivity index (χ3v) is 6.23. The first kappa shape index (κ1) is 19.9. The molecule has 1 amide bonds. The second-order valence-electron chi connectivity index (χ2n) is 7.04. The van der Waals surface area contributed by atoms with Crippen LogP contribution in [0.3, 0.4) is 0 Å². The molecule has 6 heteroatoms. The molecule has 1 atom stereocenters. The van der Waals surface area contributed by atoms with E-state index >= 15 is 0 Å². The second kappa shape index (κ2) is 8.93. The van der Waals surface area contributed by atoms with Crippen molar-refractivity contribution < 1.29 is 14.3 Å². The topological polar surface area (TPSA) is 70.4 Å². The van der Waals surface area contributed by atoms with Crippen molar-refractivity contribution in [1.29, 1.82) is 5.26 Å². The van der Waals surface area contributed by atoms with Crippen LogP contribution in [-0.4, -0.2) is 29.9 Å². The lowest BCUT2D eigenvalue weighted by atomic mass is 9.96. The molecule has 1 saturated heterocycles. The summed E-state index contributed by atoms with van der Waals surface area (Å²) in [7, 11) is 0. The van der Waals surface area contributed by atoms with E-state index in [1.54, 1.807) is 58.7 Å². The number of amides is 1. The van der Waals surface area contributed by atoms with Gasteiger partial charge in [0.2, 0.25) is 0 Å².